The first-order chi connectivity index (χ1) is 5.49. The van der Waals surface area contributed by atoms with E-state index in [1.54, 1.807) is 14.0 Å². The van der Waals surface area contributed by atoms with Gasteiger partial charge in [0.25, 0.3) is 0 Å². The Morgan fingerprint density at radius 3 is 2.08 bits per heavy atom. The van der Waals surface area contributed by atoms with Crippen LogP contribution in [0.1, 0.15) is 34.1 Å². The molecular formula is C10H20O2. The Hall–Kier alpha value is -0.370. The maximum Gasteiger partial charge on any atom is 0.158 e. The van der Waals surface area contributed by atoms with E-state index in [9.17, 15) is 4.79 Å². The summed E-state index contributed by atoms with van der Waals surface area (Å²) in [5.41, 5.74) is 0. The summed E-state index contributed by atoms with van der Waals surface area (Å²) in [7, 11) is 1.60. The van der Waals surface area contributed by atoms with Crippen molar-refractivity contribution in [1.82, 2.24) is 0 Å². The zero-order chi connectivity index (χ0) is 9.72. The Balaban J connectivity index is 3.94. The van der Waals surface area contributed by atoms with E-state index < -0.39 is 0 Å². The van der Waals surface area contributed by atoms with Crippen molar-refractivity contribution >= 4 is 5.78 Å². The Morgan fingerprint density at radius 2 is 1.83 bits per heavy atom. The van der Waals surface area contributed by atoms with Gasteiger partial charge in [0.2, 0.25) is 0 Å². The van der Waals surface area contributed by atoms with Gasteiger partial charge < -0.3 is 4.74 Å². The molecule has 2 unspecified atom stereocenters. The van der Waals surface area contributed by atoms with Crippen molar-refractivity contribution in [1.29, 1.82) is 0 Å². The highest BCUT2D eigenvalue weighted by Gasteiger charge is 2.18. The van der Waals surface area contributed by atoms with Crippen LogP contribution in [-0.2, 0) is 9.53 Å². The number of Topliss-reactive ketones (excluding diaryl/α,β-unsaturated/α-hetero) is 1. The van der Waals surface area contributed by atoms with Crippen LogP contribution in [0.2, 0.25) is 0 Å². The van der Waals surface area contributed by atoms with Gasteiger partial charge in [0.1, 0.15) is 6.10 Å². The van der Waals surface area contributed by atoms with Gasteiger partial charge in [-0.1, -0.05) is 20.8 Å². The Kier molecular flexibility index (Phi) is 5.14. The second-order valence-electron chi connectivity index (χ2n) is 3.79. The fourth-order valence-corrected chi connectivity index (χ4v) is 1.04. The molecule has 0 bridgehead atoms. The van der Waals surface area contributed by atoms with Crippen LogP contribution < -0.4 is 0 Å². The molecule has 0 aromatic heterocycles. The third-order valence-electron chi connectivity index (χ3n) is 2.46. The second-order valence-corrected chi connectivity index (χ2v) is 3.79. The first-order valence-corrected chi connectivity index (χ1v) is 4.52. The third kappa shape index (κ3) is 3.86. The van der Waals surface area contributed by atoms with Gasteiger partial charge in [0.05, 0.1) is 0 Å². The molecule has 2 atom stereocenters. The second kappa shape index (κ2) is 5.31. The van der Waals surface area contributed by atoms with Gasteiger partial charge in [-0.2, -0.15) is 0 Å². The number of carbonyl (C=O) groups is 1. The van der Waals surface area contributed by atoms with E-state index in [2.05, 4.69) is 20.8 Å². The van der Waals surface area contributed by atoms with Crippen molar-refractivity contribution in [2.75, 3.05) is 7.11 Å². The van der Waals surface area contributed by atoms with E-state index in [1.807, 2.05) is 0 Å². The lowest BCUT2D eigenvalue weighted by Crippen LogP contribution is -2.24. The Bertz CT molecular complexity index is 141. The molecule has 0 fully saturated rings. The molecule has 0 aliphatic heterocycles. The molecule has 2 nitrogen and oxygen atoms in total. The molecule has 0 aromatic rings. The molecule has 2 heteroatoms. The SMILES string of the molecule is COC(CC(C)C(C)C)C(C)=O. The molecule has 0 aromatic carbocycles. The van der Waals surface area contributed by atoms with Crippen LogP contribution in [0.15, 0.2) is 0 Å². The summed E-state index contributed by atoms with van der Waals surface area (Å²) >= 11 is 0. The zero-order valence-corrected chi connectivity index (χ0v) is 8.76. The summed E-state index contributed by atoms with van der Waals surface area (Å²) in [5.74, 6) is 1.28. The molecule has 0 radical (unpaired) electrons. The summed E-state index contributed by atoms with van der Waals surface area (Å²) in [6.45, 7) is 8.07. The minimum absolute atomic E-state index is 0.130. The van der Waals surface area contributed by atoms with Crippen molar-refractivity contribution in [3.63, 3.8) is 0 Å². The number of ketones is 1. The monoisotopic (exact) mass is 172 g/mol. The molecule has 72 valence electrons. The van der Waals surface area contributed by atoms with Gasteiger partial charge in [-0.25, -0.2) is 0 Å². The molecule has 12 heavy (non-hydrogen) atoms. The highest BCUT2D eigenvalue weighted by atomic mass is 16.5. The molecule has 0 aliphatic rings. The van der Waals surface area contributed by atoms with Crippen molar-refractivity contribution in [3.8, 4) is 0 Å². The number of methoxy groups -OCH3 is 1. The van der Waals surface area contributed by atoms with Crippen LogP contribution in [0.4, 0.5) is 0 Å². The minimum atomic E-state index is -0.206. The summed E-state index contributed by atoms with van der Waals surface area (Å²) in [6.07, 6.45) is 0.631. The fraction of sp³-hybridized carbons (Fsp3) is 0.900. The topological polar surface area (TPSA) is 26.3 Å². The highest BCUT2D eigenvalue weighted by Crippen LogP contribution is 2.17. The molecule has 0 saturated heterocycles. The average Bonchev–Trinajstić information content (AvgIpc) is 1.98. The number of ether oxygens (including phenoxy) is 1. The Labute approximate surface area is 75.3 Å². The molecule has 0 saturated carbocycles. The molecule has 0 aliphatic carbocycles. The van der Waals surface area contributed by atoms with Gasteiger partial charge in [-0.3, -0.25) is 4.79 Å². The van der Waals surface area contributed by atoms with Crippen LogP contribution in [-0.4, -0.2) is 19.0 Å². The van der Waals surface area contributed by atoms with Crippen LogP contribution >= 0.6 is 0 Å². The van der Waals surface area contributed by atoms with Crippen LogP contribution in [0, 0.1) is 11.8 Å². The Morgan fingerprint density at radius 1 is 1.33 bits per heavy atom. The van der Waals surface area contributed by atoms with Gasteiger partial charge in [0, 0.05) is 7.11 Å². The van der Waals surface area contributed by atoms with Gasteiger partial charge >= 0.3 is 0 Å². The first kappa shape index (κ1) is 11.6. The number of rotatable bonds is 5. The number of hydrogen-bond donors (Lipinski definition) is 0. The molecule has 0 spiro atoms. The van der Waals surface area contributed by atoms with Gasteiger partial charge in [-0.05, 0) is 25.2 Å². The smallest absolute Gasteiger partial charge is 0.158 e. The summed E-state index contributed by atoms with van der Waals surface area (Å²) < 4.78 is 5.08. The van der Waals surface area contributed by atoms with Crippen molar-refractivity contribution < 1.29 is 9.53 Å². The average molecular weight is 172 g/mol. The molecule has 0 heterocycles. The van der Waals surface area contributed by atoms with Crippen LogP contribution in [0.25, 0.3) is 0 Å². The lowest BCUT2D eigenvalue weighted by atomic mass is 9.91. The lowest BCUT2D eigenvalue weighted by molar-refractivity contribution is -0.127. The standard InChI is InChI=1S/C10H20O2/c1-7(2)8(3)6-10(12-5)9(4)11/h7-8,10H,6H2,1-5H3. The molecular weight excluding hydrogens is 152 g/mol. The van der Waals surface area contributed by atoms with Crippen molar-refractivity contribution in [2.45, 2.75) is 40.2 Å². The van der Waals surface area contributed by atoms with E-state index in [-0.39, 0.29) is 11.9 Å². The largest absolute Gasteiger partial charge is 0.374 e. The van der Waals surface area contributed by atoms with E-state index in [0.29, 0.717) is 11.8 Å². The van der Waals surface area contributed by atoms with Crippen LogP contribution in [0.5, 0.6) is 0 Å². The normalized spacial score (nSPS) is 16.2. The van der Waals surface area contributed by atoms with E-state index in [0.717, 1.165) is 6.42 Å². The van der Waals surface area contributed by atoms with E-state index >= 15 is 0 Å². The van der Waals surface area contributed by atoms with Crippen LogP contribution in [0.3, 0.4) is 0 Å². The summed E-state index contributed by atoms with van der Waals surface area (Å²) in [5, 5.41) is 0. The quantitative estimate of drug-likeness (QED) is 0.636. The third-order valence-corrected chi connectivity index (χ3v) is 2.46. The summed E-state index contributed by atoms with van der Waals surface area (Å²) in [4.78, 5) is 11.0. The highest BCUT2D eigenvalue weighted by molar-refractivity contribution is 5.80. The predicted octanol–water partition coefficient (Wildman–Crippen LogP) is 2.27. The van der Waals surface area contributed by atoms with Gasteiger partial charge in [-0.15, -0.1) is 0 Å². The van der Waals surface area contributed by atoms with Crippen molar-refractivity contribution in [3.05, 3.63) is 0 Å². The lowest BCUT2D eigenvalue weighted by Gasteiger charge is -2.20. The zero-order valence-electron chi connectivity index (χ0n) is 8.76. The van der Waals surface area contributed by atoms with Crippen molar-refractivity contribution in [2.24, 2.45) is 11.8 Å². The van der Waals surface area contributed by atoms with E-state index in [1.165, 1.54) is 0 Å². The fourth-order valence-electron chi connectivity index (χ4n) is 1.04. The number of carbonyl (C=O) groups excluding carboxylic acids is 1. The predicted molar refractivity (Wildman–Crippen MR) is 50.1 cm³/mol. The van der Waals surface area contributed by atoms with Gasteiger partial charge in [0.15, 0.2) is 5.78 Å². The first-order valence-electron chi connectivity index (χ1n) is 4.52. The molecule has 0 amide bonds. The summed E-state index contributed by atoms with van der Waals surface area (Å²) in [6, 6.07) is 0. The molecule has 0 N–H and O–H groups in total. The maximum absolute atomic E-state index is 11.0. The van der Waals surface area contributed by atoms with E-state index in [4.69, 9.17) is 4.74 Å². The maximum atomic E-state index is 11.0. The molecule has 0 rings (SSSR count). The minimum Gasteiger partial charge on any atom is -0.374 e. The number of hydrogen-bond acceptors (Lipinski definition) is 2.